The molecule has 0 amide bonds. The summed E-state index contributed by atoms with van der Waals surface area (Å²) in [6, 6.07) is 3.57. The summed E-state index contributed by atoms with van der Waals surface area (Å²) in [5.41, 5.74) is 1.24. The fourth-order valence-corrected chi connectivity index (χ4v) is 1.60. The van der Waals surface area contributed by atoms with Crippen LogP contribution in [0.1, 0.15) is 37.2 Å². The van der Waals surface area contributed by atoms with Crippen molar-refractivity contribution >= 4 is 11.7 Å². The average Bonchev–Trinajstić information content (AvgIpc) is 2.39. The van der Waals surface area contributed by atoms with Crippen LogP contribution >= 0.6 is 0 Å². The van der Waals surface area contributed by atoms with E-state index >= 15 is 0 Å². The van der Waals surface area contributed by atoms with E-state index in [0.29, 0.717) is 11.6 Å². The topological polar surface area (TPSA) is 51.2 Å². The van der Waals surface area contributed by atoms with Crippen LogP contribution in [0.25, 0.3) is 0 Å². The number of carbonyl (C=O) groups excluding carboxylic acids is 1. The van der Waals surface area contributed by atoms with Crippen LogP contribution in [0.4, 0.5) is 5.69 Å². The molecule has 0 aromatic carbocycles. The number of nitrogens with zero attached hydrogens (tertiary/aromatic N) is 1. The highest BCUT2D eigenvalue weighted by Crippen LogP contribution is 2.12. The summed E-state index contributed by atoms with van der Waals surface area (Å²) in [5, 5.41) is 3.32. The van der Waals surface area contributed by atoms with Gasteiger partial charge in [0.25, 0.3) is 0 Å². The number of rotatable bonds is 6. The van der Waals surface area contributed by atoms with Crippen molar-refractivity contribution in [3.63, 3.8) is 0 Å². The zero-order valence-corrected chi connectivity index (χ0v) is 10.7. The van der Waals surface area contributed by atoms with Crippen molar-refractivity contribution in [2.45, 2.75) is 26.7 Å². The molecule has 0 bridgehead atoms. The van der Waals surface area contributed by atoms with Crippen molar-refractivity contribution in [2.75, 3.05) is 19.0 Å². The minimum absolute atomic E-state index is 0.335. The lowest BCUT2D eigenvalue weighted by molar-refractivity contribution is 0.0594. The van der Waals surface area contributed by atoms with E-state index in [9.17, 15) is 4.79 Å². The van der Waals surface area contributed by atoms with Gasteiger partial charge in [-0.1, -0.05) is 26.7 Å². The molecule has 0 aliphatic rings. The first-order valence-corrected chi connectivity index (χ1v) is 5.99. The summed E-state index contributed by atoms with van der Waals surface area (Å²) in [5.74, 6) is 0.251. The van der Waals surface area contributed by atoms with Gasteiger partial charge in [0.1, 0.15) is 5.69 Å². The number of hydrogen-bond acceptors (Lipinski definition) is 4. The molecule has 4 heteroatoms. The molecule has 0 saturated heterocycles. The first-order chi connectivity index (χ1) is 8.21. The second-order valence-electron chi connectivity index (χ2n) is 3.98. The molecule has 17 heavy (non-hydrogen) atoms. The molecule has 4 nitrogen and oxygen atoms in total. The Morgan fingerprint density at radius 3 is 2.76 bits per heavy atom. The fraction of sp³-hybridized carbons (Fsp3) is 0.538. The first kappa shape index (κ1) is 13.5. The number of carbonyl (C=O) groups is 1. The van der Waals surface area contributed by atoms with Crippen LogP contribution in [-0.2, 0) is 4.74 Å². The summed E-state index contributed by atoms with van der Waals surface area (Å²) in [7, 11) is 1.36. The second kappa shape index (κ2) is 6.89. The largest absolute Gasteiger partial charge is 0.464 e. The summed E-state index contributed by atoms with van der Waals surface area (Å²) in [6.45, 7) is 5.28. The molecule has 0 unspecified atom stereocenters. The van der Waals surface area contributed by atoms with Crippen molar-refractivity contribution in [1.82, 2.24) is 4.98 Å². The van der Waals surface area contributed by atoms with E-state index < -0.39 is 5.97 Å². The normalized spacial score (nSPS) is 10.4. The van der Waals surface area contributed by atoms with Crippen molar-refractivity contribution in [3.05, 3.63) is 24.0 Å². The van der Waals surface area contributed by atoms with Gasteiger partial charge >= 0.3 is 5.97 Å². The Kier molecular flexibility index (Phi) is 5.46. The van der Waals surface area contributed by atoms with Gasteiger partial charge in [0.15, 0.2) is 0 Å². The molecule has 1 aromatic rings. The van der Waals surface area contributed by atoms with Gasteiger partial charge in [-0.05, 0) is 18.1 Å². The number of nitrogens with one attached hydrogen (secondary N) is 1. The van der Waals surface area contributed by atoms with E-state index in [4.69, 9.17) is 0 Å². The highest BCUT2D eigenvalue weighted by Gasteiger charge is 2.08. The van der Waals surface area contributed by atoms with Gasteiger partial charge in [-0.25, -0.2) is 9.78 Å². The Morgan fingerprint density at radius 1 is 1.47 bits per heavy atom. The van der Waals surface area contributed by atoms with Gasteiger partial charge < -0.3 is 10.1 Å². The predicted octanol–water partition coefficient (Wildman–Crippen LogP) is 2.72. The van der Waals surface area contributed by atoms with Crippen LogP contribution in [0.5, 0.6) is 0 Å². The number of aromatic nitrogens is 1. The molecular formula is C13H20N2O2. The molecule has 0 atom stereocenters. The first-order valence-electron chi connectivity index (χ1n) is 5.99. The predicted molar refractivity (Wildman–Crippen MR) is 68.1 cm³/mol. The lowest BCUT2D eigenvalue weighted by Crippen LogP contribution is -2.13. The number of ether oxygens (including phenoxy) is 1. The number of hydrogen-bond donors (Lipinski definition) is 1. The fourth-order valence-electron chi connectivity index (χ4n) is 1.60. The van der Waals surface area contributed by atoms with E-state index in [0.717, 1.165) is 25.1 Å². The van der Waals surface area contributed by atoms with Crippen LogP contribution < -0.4 is 5.32 Å². The Bertz CT molecular complexity index is 362. The SMILES string of the molecule is CCC(CC)CNc1ccnc(C(=O)OC)c1. The van der Waals surface area contributed by atoms with Crippen LogP contribution in [-0.4, -0.2) is 24.6 Å². The molecule has 94 valence electrons. The van der Waals surface area contributed by atoms with Crippen LogP contribution in [0.15, 0.2) is 18.3 Å². The number of esters is 1. The van der Waals surface area contributed by atoms with Gasteiger partial charge in [-0.3, -0.25) is 0 Å². The van der Waals surface area contributed by atoms with Crippen molar-refractivity contribution in [3.8, 4) is 0 Å². The van der Waals surface area contributed by atoms with Gasteiger partial charge in [-0.2, -0.15) is 0 Å². The highest BCUT2D eigenvalue weighted by atomic mass is 16.5. The van der Waals surface area contributed by atoms with E-state index in [2.05, 4.69) is 28.9 Å². The molecule has 0 saturated carbocycles. The van der Waals surface area contributed by atoms with Crippen molar-refractivity contribution in [1.29, 1.82) is 0 Å². The van der Waals surface area contributed by atoms with Gasteiger partial charge in [-0.15, -0.1) is 0 Å². The zero-order chi connectivity index (χ0) is 12.7. The van der Waals surface area contributed by atoms with E-state index in [1.54, 1.807) is 12.3 Å². The molecule has 0 aliphatic carbocycles. The summed E-state index contributed by atoms with van der Waals surface area (Å²) < 4.78 is 4.63. The molecule has 1 rings (SSSR count). The lowest BCUT2D eigenvalue weighted by atomic mass is 10.0. The van der Waals surface area contributed by atoms with Crippen LogP contribution in [0.3, 0.4) is 0 Å². The third-order valence-corrected chi connectivity index (χ3v) is 2.90. The number of pyridine rings is 1. The standard InChI is InChI=1S/C13H20N2O2/c1-4-10(5-2)9-15-11-6-7-14-12(8-11)13(16)17-3/h6-8,10H,4-5,9H2,1-3H3,(H,14,15). The second-order valence-corrected chi connectivity index (χ2v) is 3.98. The molecule has 1 aromatic heterocycles. The Balaban J connectivity index is 2.62. The number of methoxy groups -OCH3 is 1. The van der Waals surface area contributed by atoms with E-state index in [-0.39, 0.29) is 0 Å². The minimum Gasteiger partial charge on any atom is -0.464 e. The maximum absolute atomic E-state index is 11.3. The minimum atomic E-state index is -0.406. The van der Waals surface area contributed by atoms with E-state index in [1.165, 1.54) is 7.11 Å². The van der Waals surface area contributed by atoms with Gasteiger partial charge in [0.05, 0.1) is 7.11 Å². The van der Waals surface area contributed by atoms with Gasteiger partial charge in [0.2, 0.25) is 0 Å². The maximum atomic E-state index is 11.3. The quantitative estimate of drug-likeness (QED) is 0.771. The highest BCUT2D eigenvalue weighted by molar-refractivity contribution is 5.88. The lowest BCUT2D eigenvalue weighted by Gasteiger charge is -2.14. The molecule has 0 radical (unpaired) electrons. The molecule has 0 fully saturated rings. The van der Waals surface area contributed by atoms with Crippen LogP contribution in [0.2, 0.25) is 0 Å². The smallest absolute Gasteiger partial charge is 0.356 e. The molecule has 0 aliphatic heterocycles. The molecule has 1 N–H and O–H groups in total. The van der Waals surface area contributed by atoms with Crippen molar-refractivity contribution < 1.29 is 9.53 Å². The summed E-state index contributed by atoms with van der Waals surface area (Å²) >= 11 is 0. The summed E-state index contributed by atoms with van der Waals surface area (Å²) in [6.07, 6.45) is 3.92. The Labute approximate surface area is 102 Å². The Hall–Kier alpha value is -1.58. The maximum Gasteiger partial charge on any atom is 0.356 e. The average molecular weight is 236 g/mol. The molecule has 1 heterocycles. The molecular weight excluding hydrogens is 216 g/mol. The monoisotopic (exact) mass is 236 g/mol. The third-order valence-electron chi connectivity index (χ3n) is 2.90. The zero-order valence-electron chi connectivity index (χ0n) is 10.7. The Morgan fingerprint density at radius 2 is 2.18 bits per heavy atom. The van der Waals surface area contributed by atoms with E-state index in [1.807, 2.05) is 6.07 Å². The molecule has 0 spiro atoms. The van der Waals surface area contributed by atoms with Gasteiger partial charge in [0, 0.05) is 18.4 Å². The van der Waals surface area contributed by atoms with Crippen LogP contribution in [0, 0.1) is 5.92 Å². The third kappa shape index (κ3) is 4.06. The number of anilines is 1. The van der Waals surface area contributed by atoms with Crippen molar-refractivity contribution in [2.24, 2.45) is 5.92 Å². The summed E-state index contributed by atoms with van der Waals surface area (Å²) in [4.78, 5) is 15.3.